The van der Waals surface area contributed by atoms with Crippen LogP contribution in [0.3, 0.4) is 0 Å². The SMILES string of the molecule is CCOc1cc(CC(=O)O)ccc1-c1ccc(F)c2c1CN(OC(=O)OCc1ccnn1C)CC2. The molecule has 4 rings (SSSR count). The van der Waals surface area contributed by atoms with E-state index in [0.29, 0.717) is 53.3 Å². The topological polar surface area (TPSA) is 103 Å². The predicted octanol–water partition coefficient (Wildman–Crippen LogP) is 3.88. The van der Waals surface area contributed by atoms with Crippen molar-refractivity contribution in [2.24, 2.45) is 7.05 Å². The molecular formula is C25H26FN3O6. The minimum Gasteiger partial charge on any atom is -0.493 e. The Morgan fingerprint density at radius 2 is 1.94 bits per heavy atom. The van der Waals surface area contributed by atoms with Gasteiger partial charge in [-0.3, -0.25) is 9.48 Å². The van der Waals surface area contributed by atoms with E-state index in [4.69, 9.17) is 19.4 Å². The van der Waals surface area contributed by atoms with Gasteiger partial charge in [0.2, 0.25) is 0 Å². The summed E-state index contributed by atoms with van der Waals surface area (Å²) in [6.07, 6.45) is 0.947. The van der Waals surface area contributed by atoms with Gasteiger partial charge in [-0.05, 0) is 53.8 Å². The number of fused-ring (bicyclic) bond motifs is 1. The van der Waals surface area contributed by atoms with Gasteiger partial charge in [-0.15, -0.1) is 5.06 Å². The molecule has 10 heteroatoms. The van der Waals surface area contributed by atoms with Gasteiger partial charge in [0, 0.05) is 25.4 Å². The lowest BCUT2D eigenvalue weighted by molar-refractivity contribution is -0.139. The predicted molar refractivity (Wildman–Crippen MR) is 123 cm³/mol. The Labute approximate surface area is 201 Å². The highest BCUT2D eigenvalue weighted by Crippen LogP contribution is 2.38. The molecule has 0 fully saturated rings. The van der Waals surface area contributed by atoms with Crippen LogP contribution in [0.1, 0.15) is 29.3 Å². The summed E-state index contributed by atoms with van der Waals surface area (Å²) in [7, 11) is 1.74. The number of halogens is 1. The summed E-state index contributed by atoms with van der Waals surface area (Å²) >= 11 is 0. The second-order valence-corrected chi connectivity index (χ2v) is 8.08. The maximum absolute atomic E-state index is 14.7. The van der Waals surface area contributed by atoms with Crippen LogP contribution >= 0.6 is 0 Å². The number of aliphatic carboxylic acids is 1. The molecule has 184 valence electrons. The number of benzene rings is 2. The lowest BCUT2D eigenvalue weighted by atomic mass is 9.90. The van der Waals surface area contributed by atoms with Crippen LogP contribution in [-0.4, -0.2) is 45.2 Å². The average molecular weight is 483 g/mol. The van der Waals surface area contributed by atoms with E-state index < -0.39 is 12.1 Å². The maximum atomic E-state index is 14.7. The molecule has 1 aliphatic heterocycles. The van der Waals surface area contributed by atoms with E-state index in [-0.39, 0.29) is 25.4 Å². The first-order valence-electron chi connectivity index (χ1n) is 11.2. The van der Waals surface area contributed by atoms with Crippen molar-refractivity contribution in [1.82, 2.24) is 14.8 Å². The summed E-state index contributed by atoms with van der Waals surface area (Å²) in [5, 5.41) is 14.6. The third-order valence-corrected chi connectivity index (χ3v) is 5.78. The third kappa shape index (κ3) is 5.60. The fraction of sp³-hybridized carbons (Fsp3) is 0.320. The van der Waals surface area contributed by atoms with Crippen molar-refractivity contribution < 1.29 is 33.4 Å². The van der Waals surface area contributed by atoms with Crippen LogP contribution < -0.4 is 4.74 Å². The standard InChI is InChI=1S/C25H26FN3O6/c1-3-33-23-12-16(13-24(30)31)4-5-20(23)18-6-7-22(26)19-9-11-29(14-21(18)19)35-25(32)34-15-17-8-10-27-28(17)2/h4-8,10,12H,3,9,11,13-15H2,1-2H3,(H,30,31). The molecule has 0 unspecified atom stereocenters. The molecule has 0 saturated heterocycles. The number of hydrogen-bond donors (Lipinski definition) is 1. The Bertz CT molecular complexity index is 1240. The summed E-state index contributed by atoms with van der Waals surface area (Å²) in [4.78, 5) is 28.8. The minimum absolute atomic E-state index is 0.0139. The zero-order chi connectivity index (χ0) is 24.9. The number of rotatable bonds is 8. The number of hydroxylamine groups is 2. The normalized spacial score (nSPS) is 13.2. The Balaban J connectivity index is 1.56. The lowest BCUT2D eigenvalue weighted by Crippen LogP contribution is -2.34. The van der Waals surface area contributed by atoms with E-state index in [1.54, 1.807) is 48.3 Å². The molecule has 1 aromatic heterocycles. The van der Waals surface area contributed by atoms with Gasteiger partial charge in [0.05, 0.1) is 25.3 Å². The molecule has 0 spiro atoms. The Morgan fingerprint density at radius 3 is 2.66 bits per heavy atom. The monoisotopic (exact) mass is 483 g/mol. The second kappa shape index (κ2) is 10.6. The van der Waals surface area contributed by atoms with Crippen molar-refractivity contribution in [2.45, 2.75) is 32.9 Å². The third-order valence-electron chi connectivity index (χ3n) is 5.78. The molecule has 0 amide bonds. The molecule has 2 aromatic carbocycles. The van der Waals surface area contributed by atoms with Crippen LogP contribution in [0.15, 0.2) is 42.6 Å². The number of carbonyl (C=O) groups is 2. The molecule has 9 nitrogen and oxygen atoms in total. The highest BCUT2D eigenvalue weighted by molar-refractivity contribution is 5.77. The van der Waals surface area contributed by atoms with Gasteiger partial charge >= 0.3 is 12.1 Å². The first kappa shape index (κ1) is 24.2. The molecule has 1 N–H and O–H groups in total. The Morgan fingerprint density at radius 1 is 1.14 bits per heavy atom. The van der Waals surface area contributed by atoms with Crippen molar-refractivity contribution in [3.63, 3.8) is 0 Å². The largest absolute Gasteiger partial charge is 0.528 e. The van der Waals surface area contributed by atoms with E-state index >= 15 is 0 Å². The molecule has 3 aromatic rings. The number of carbonyl (C=O) groups excluding carboxylic acids is 1. The van der Waals surface area contributed by atoms with Crippen LogP contribution in [0.25, 0.3) is 11.1 Å². The molecule has 0 saturated carbocycles. The van der Waals surface area contributed by atoms with Crippen molar-refractivity contribution in [3.8, 4) is 16.9 Å². The molecule has 2 heterocycles. The number of ether oxygens (including phenoxy) is 2. The van der Waals surface area contributed by atoms with Gasteiger partial charge in [-0.1, -0.05) is 18.2 Å². The number of aromatic nitrogens is 2. The van der Waals surface area contributed by atoms with Crippen molar-refractivity contribution in [3.05, 3.63) is 70.8 Å². The molecule has 0 bridgehead atoms. The van der Waals surface area contributed by atoms with E-state index in [1.807, 2.05) is 6.92 Å². The van der Waals surface area contributed by atoms with Gasteiger partial charge in [0.25, 0.3) is 0 Å². The average Bonchev–Trinajstić information content (AvgIpc) is 3.23. The number of nitrogens with zero attached hydrogens (tertiary/aromatic N) is 3. The van der Waals surface area contributed by atoms with Gasteiger partial charge in [-0.25, -0.2) is 9.18 Å². The summed E-state index contributed by atoms with van der Waals surface area (Å²) in [6.45, 7) is 2.70. The fourth-order valence-electron chi connectivity index (χ4n) is 4.09. The zero-order valence-corrected chi connectivity index (χ0v) is 19.5. The van der Waals surface area contributed by atoms with Crippen molar-refractivity contribution >= 4 is 12.1 Å². The highest BCUT2D eigenvalue weighted by atomic mass is 19.1. The van der Waals surface area contributed by atoms with Gasteiger partial charge < -0.3 is 19.4 Å². The Kier molecular flexibility index (Phi) is 7.31. The van der Waals surface area contributed by atoms with Crippen LogP contribution in [0.5, 0.6) is 5.75 Å². The molecule has 0 atom stereocenters. The number of aryl methyl sites for hydroxylation is 1. The molecule has 0 radical (unpaired) electrons. The van der Waals surface area contributed by atoms with Crippen LogP contribution in [0, 0.1) is 5.82 Å². The summed E-state index contributed by atoms with van der Waals surface area (Å²) < 4.78 is 27.2. The quantitative estimate of drug-likeness (QED) is 0.482. The molecule has 0 aliphatic carbocycles. The van der Waals surface area contributed by atoms with E-state index in [0.717, 1.165) is 5.56 Å². The number of carboxylic acid groups (broad SMARTS) is 1. The van der Waals surface area contributed by atoms with Crippen molar-refractivity contribution in [1.29, 1.82) is 0 Å². The van der Waals surface area contributed by atoms with Crippen LogP contribution in [0.4, 0.5) is 9.18 Å². The summed E-state index contributed by atoms with van der Waals surface area (Å²) in [6, 6.07) is 9.99. The summed E-state index contributed by atoms with van der Waals surface area (Å²) in [5.74, 6) is -0.765. The Hall–Kier alpha value is -3.92. The van der Waals surface area contributed by atoms with E-state index in [2.05, 4.69) is 5.10 Å². The molecular weight excluding hydrogens is 457 g/mol. The number of carboxylic acids is 1. The second-order valence-electron chi connectivity index (χ2n) is 8.08. The molecule has 35 heavy (non-hydrogen) atoms. The van der Waals surface area contributed by atoms with E-state index in [9.17, 15) is 14.0 Å². The van der Waals surface area contributed by atoms with E-state index in [1.165, 1.54) is 11.1 Å². The highest BCUT2D eigenvalue weighted by Gasteiger charge is 2.26. The molecule has 1 aliphatic rings. The van der Waals surface area contributed by atoms with Crippen LogP contribution in [-0.2, 0) is 47.4 Å². The first-order valence-corrected chi connectivity index (χ1v) is 11.2. The number of hydrogen-bond acceptors (Lipinski definition) is 7. The lowest BCUT2D eigenvalue weighted by Gasteiger charge is -2.29. The summed E-state index contributed by atoms with van der Waals surface area (Å²) in [5.41, 5.74) is 3.96. The fourth-order valence-corrected chi connectivity index (χ4v) is 4.09. The maximum Gasteiger partial charge on any atom is 0.528 e. The first-order chi connectivity index (χ1) is 16.9. The van der Waals surface area contributed by atoms with Gasteiger partial charge in [-0.2, -0.15) is 5.10 Å². The van der Waals surface area contributed by atoms with Gasteiger partial charge in [0.15, 0.2) is 0 Å². The van der Waals surface area contributed by atoms with Crippen molar-refractivity contribution in [2.75, 3.05) is 13.2 Å². The zero-order valence-electron chi connectivity index (χ0n) is 19.5. The van der Waals surface area contributed by atoms with Crippen LogP contribution in [0.2, 0.25) is 0 Å². The van der Waals surface area contributed by atoms with Gasteiger partial charge in [0.1, 0.15) is 18.2 Å². The minimum atomic E-state index is -0.942. The smallest absolute Gasteiger partial charge is 0.493 e.